The second kappa shape index (κ2) is 9.15. The SMILES string of the molecule is CCOc1cc(Br)c(/C=C2/SC(=O)N(CC3CCCCC3)C2=O)cc1OC. The molecule has 1 saturated heterocycles. The third kappa shape index (κ3) is 4.69. The van der Waals surface area contributed by atoms with E-state index in [-0.39, 0.29) is 11.1 Å². The van der Waals surface area contributed by atoms with E-state index in [2.05, 4.69) is 15.9 Å². The molecule has 146 valence electrons. The Balaban J connectivity index is 1.80. The van der Waals surface area contributed by atoms with Crippen molar-refractivity contribution in [2.45, 2.75) is 39.0 Å². The monoisotopic (exact) mass is 453 g/mol. The largest absolute Gasteiger partial charge is 0.493 e. The molecule has 0 N–H and O–H groups in total. The summed E-state index contributed by atoms with van der Waals surface area (Å²) in [6.07, 6.45) is 7.58. The van der Waals surface area contributed by atoms with Gasteiger partial charge in [0, 0.05) is 11.0 Å². The Labute approximate surface area is 172 Å². The van der Waals surface area contributed by atoms with Crippen molar-refractivity contribution in [1.82, 2.24) is 4.90 Å². The van der Waals surface area contributed by atoms with Crippen molar-refractivity contribution in [2.24, 2.45) is 5.92 Å². The summed E-state index contributed by atoms with van der Waals surface area (Å²) < 4.78 is 11.7. The number of amides is 2. The molecule has 1 saturated carbocycles. The third-order valence-electron chi connectivity index (χ3n) is 4.91. The molecule has 5 nitrogen and oxygen atoms in total. The van der Waals surface area contributed by atoms with Crippen LogP contribution in [0.25, 0.3) is 6.08 Å². The molecule has 1 aromatic rings. The van der Waals surface area contributed by atoms with Gasteiger partial charge in [0.1, 0.15) is 0 Å². The fraction of sp³-hybridized carbons (Fsp3) is 0.500. The molecule has 2 amide bonds. The van der Waals surface area contributed by atoms with Crippen LogP contribution in [0.15, 0.2) is 21.5 Å². The van der Waals surface area contributed by atoms with Crippen LogP contribution in [0.2, 0.25) is 0 Å². The fourth-order valence-electron chi connectivity index (χ4n) is 3.52. The van der Waals surface area contributed by atoms with E-state index in [1.54, 1.807) is 13.2 Å². The van der Waals surface area contributed by atoms with Crippen LogP contribution in [0.3, 0.4) is 0 Å². The van der Waals surface area contributed by atoms with E-state index in [4.69, 9.17) is 9.47 Å². The number of benzene rings is 1. The normalized spacial score (nSPS) is 19.8. The minimum Gasteiger partial charge on any atom is -0.493 e. The van der Waals surface area contributed by atoms with Crippen molar-refractivity contribution in [3.8, 4) is 11.5 Å². The first-order valence-electron chi connectivity index (χ1n) is 9.29. The van der Waals surface area contributed by atoms with Crippen LogP contribution in [0.1, 0.15) is 44.6 Å². The second-order valence-corrected chi connectivity index (χ2v) is 8.60. The van der Waals surface area contributed by atoms with E-state index in [0.29, 0.717) is 35.5 Å². The number of carbonyl (C=O) groups is 2. The molecule has 0 spiro atoms. The summed E-state index contributed by atoms with van der Waals surface area (Å²) in [7, 11) is 1.58. The molecule has 0 atom stereocenters. The van der Waals surface area contributed by atoms with Crippen LogP contribution < -0.4 is 9.47 Å². The molecule has 1 aromatic carbocycles. The van der Waals surface area contributed by atoms with Gasteiger partial charge in [-0.25, -0.2) is 0 Å². The maximum Gasteiger partial charge on any atom is 0.293 e. The summed E-state index contributed by atoms with van der Waals surface area (Å²) in [5.74, 6) is 1.46. The van der Waals surface area contributed by atoms with Crippen molar-refractivity contribution in [2.75, 3.05) is 20.3 Å². The highest BCUT2D eigenvalue weighted by atomic mass is 79.9. The number of imide groups is 1. The number of methoxy groups -OCH3 is 1. The van der Waals surface area contributed by atoms with Gasteiger partial charge in [-0.1, -0.05) is 35.2 Å². The summed E-state index contributed by atoms with van der Waals surface area (Å²) >= 11 is 4.53. The van der Waals surface area contributed by atoms with Gasteiger partial charge in [0.25, 0.3) is 11.1 Å². The van der Waals surface area contributed by atoms with Crippen molar-refractivity contribution < 1.29 is 19.1 Å². The number of hydrogen-bond donors (Lipinski definition) is 0. The van der Waals surface area contributed by atoms with Gasteiger partial charge in [0.05, 0.1) is 18.6 Å². The lowest BCUT2D eigenvalue weighted by Crippen LogP contribution is -2.34. The van der Waals surface area contributed by atoms with Crippen molar-refractivity contribution in [1.29, 1.82) is 0 Å². The molecular weight excluding hydrogens is 430 g/mol. The Hall–Kier alpha value is -1.47. The highest BCUT2D eigenvalue weighted by Gasteiger charge is 2.36. The zero-order chi connectivity index (χ0) is 19.4. The summed E-state index contributed by atoms with van der Waals surface area (Å²) in [4.78, 5) is 27.0. The Morgan fingerprint density at radius 1 is 1.22 bits per heavy atom. The molecule has 0 radical (unpaired) electrons. The van der Waals surface area contributed by atoms with Crippen LogP contribution in [0, 0.1) is 5.92 Å². The van der Waals surface area contributed by atoms with E-state index in [1.165, 1.54) is 24.2 Å². The Kier molecular flexibility index (Phi) is 6.87. The summed E-state index contributed by atoms with van der Waals surface area (Å²) in [5.41, 5.74) is 0.776. The Morgan fingerprint density at radius 3 is 2.63 bits per heavy atom. The topological polar surface area (TPSA) is 55.8 Å². The van der Waals surface area contributed by atoms with Crippen LogP contribution in [0.5, 0.6) is 11.5 Å². The lowest BCUT2D eigenvalue weighted by Gasteiger charge is -2.25. The standard InChI is InChI=1S/C20H24BrNO4S/c1-3-26-17-11-15(21)14(9-16(17)25-2)10-18-19(23)22(20(24)27-18)12-13-7-5-4-6-8-13/h9-11,13H,3-8,12H2,1-2H3/b18-10+. The lowest BCUT2D eigenvalue weighted by molar-refractivity contribution is -0.123. The first-order chi connectivity index (χ1) is 13.0. The van der Waals surface area contributed by atoms with Crippen molar-refractivity contribution >= 4 is 44.9 Å². The zero-order valence-electron chi connectivity index (χ0n) is 15.6. The lowest BCUT2D eigenvalue weighted by atomic mass is 9.89. The number of hydrogen-bond acceptors (Lipinski definition) is 5. The van der Waals surface area contributed by atoms with E-state index in [9.17, 15) is 9.59 Å². The highest BCUT2D eigenvalue weighted by molar-refractivity contribution is 9.10. The van der Waals surface area contributed by atoms with E-state index in [1.807, 2.05) is 19.1 Å². The maximum absolute atomic E-state index is 12.8. The molecule has 0 aromatic heterocycles. The summed E-state index contributed by atoms with van der Waals surface area (Å²) in [6, 6.07) is 3.63. The number of halogens is 1. The maximum atomic E-state index is 12.8. The Morgan fingerprint density at radius 2 is 1.96 bits per heavy atom. The number of ether oxygens (including phenoxy) is 2. The molecule has 27 heavy (non-hydrogen) atoms. The average molecular weight is 454 g/mol. The molecule has 1 aliphatic heterocycles. The van der Waals surface area contributed by atoms with Crippen molar-refractivity contribution in [3.05, 3.63) is 27.1 Å². The molecule has 3 rings (SSSR count). The molecule has 1 heterocycles. The van der Waals surface area contributed by atoms with Crippen LogP contribution in [-0.2, 0) is 4.79 Å². The van der Waals surface area contributed by atoms with E-state index in [0.717, 1.165) is 34.6 Å². The van der Waals surface area contributed by atoms with Gasteiger partial charge in [-0.2, -0.15) is 0 Å². The predicted octanol–water partition coefficient (Wildman–Crippen LogP) is 5.47. The van der Waals surface area contributed by atoms with Gasteiger partial charge in [0.2, 0.25) is 0 Å². The molecule has 2 fully saturated rings. The molecule has 1 aliphatic carbocycles. The van der Waals surface area contributed by atoms with E-state index < -0.39 is 0 Å². The van der Waals surface area contributed by atoms with Crippen molar-refractivity contribution in [3.63, 3.8) is 0 Å². The van der Waals surface area contributed by atoms with Gasteiger partial charge in [-0.15, -0.1) is 0 Å². The van der Waals surface area contributed by atoms with Gasteiger partial charge in [-0.3, -0.25) is 14.5 Å². The number of rotatable bonds is 6. The molecule has 0 bridgehead atoms. The third-order valence-corrected chi connectivity index (χ3v) is 6.50. The highest BCUT2D eigenvalue weighted by Crippen LogP contribution is 2.38. The minimum absolute atomic E-state index is 0.175. The van der Waals surface area contributed by atoms with E-state index >= 15 is 0 Å². The fourth-order valence-corrected chi connectivity index (χ4v) is 4.79. The van der Waals surface area contributed by atoms with Crippen LogP contribution in [-0.4, -0.2) is 36.3 Å². The first kappa shape index (κ1) is 20.3. The minimum atomic E-state index is -0.199. The summed E-state index contributed by atoms with van der Waals surface area (Å²) in [5, 5.41) is -0.175. The van der Waals surface area contributed by atoms with Gasteiger partial charge >= 0.3 is 0 Å². The summed E-state index contributed by atoms with van der Waals surface area (Å²) in [6.45, 7) is 2.97. The quantitative estimate of drug-likeness (QED) is 0.534. The van der Waals surface area contributed by atoms with Gasteiger partial charge in [-0.05, 0) is 61.2 Å². The zero-order valence-corrected chi connectivity index (χ0v) is 18.0. The van der Waals surface area contributed by atoms with Gasteiger partial charge in [0.15, 0.2) is 11.5 Å². The van der Waals surface area contributed by atoms with Gasteiger partial charge < -0.3 is 9.47 Å². The average Bonchev–Trinajstić information content (AvgIpc) is 2.92. The molecule has 0 unspecified atom stereocenters. The molecule has 7 heteroatoms. The molecular formula is C20H24BrNO4S. The Bertz CT molecular complexity index is 759. The smallest absolute Gasteiger partial charge is 0.293 e. The molecule has 2 aliphatic rings. The number of nitrogens with zero attached hydrogens (tertiary/aromatic N) is 1. The predicted molar refractivity (Wildman–Crippen MR) is 111 cm³/mol. The number of carbonyl (C=O) groups excluding carboxylic acids is 2. The van der Waals surface area contributed by atoms with Crippen LogP contribution in [0.4, 0.5) is 4.79 Å². The first-order valence-corrected chi connectivity index (χ1v) is 10.9. The van der Waals surface area contributed by atoms with Crippen LogP contribution >= 0.6 is 27.7 Å². The number of thioether (sulfide) groups is 1. The second-order valence-electron chi connectivity index (χ2n) is 6.75.